The number of carbonyl (C=O) groups is 1. The largest absolute Gasteiger partial charge is 0.478 e. The van der Waals surface area contributed by atoms with Gasteiger partial charge in [0.1, 0.15) is 11.3 Å². The Kier molecular flexibility index (Phi) is 3.75. The first-order valence-corrected chi connectivity index (χ1v) is 7.87. The predicted octanol–water partition coefficient (Wildman–Crippen LogP) is 3.60. The molecule has 3 rings (SSSR count). The number of hydrogen-bond donors (Lipinski definition) is 1. The van der Waals surface area contributed by atoms with Crippen LogP contribution < -0.4 is 0 Å². The molecule has 0 saturated carbocycles. The third kappa shape index (κ3) is 2.56. The van der Waals surface area contributed by atoms with E-state index in [1.54, 1.807) is 23.5 Å². The van der Waals surface area contributed by atoms with E-state index in [9.17, 15) is 9.90 Å². The first-order valence-electron chi connectivity index (χ1n) is 6.93. The molecule has 4 nitrogen and oxygen atoms in total. The number of nitrogens with zero attached hydrogens (tertiary/aromatic N) is 2. The summed E-state index contributed by atoms with van der Waals surface area (Å²) in [6.45, 7) is 2.86. The van der Waals surface area contributed by atoms with Crippen molar-refractivity contribution in [1.82, 2.24) is 9.55 Å². The molecule has 0 aliphatic carbocycles. The summed E-state index contributed by atoms with van der Waals surface area (Å²) < 4.78 is 2.14. The maximum absolute atomic E-state index is 11.3. The van der Waals surface area contributed by atoms with Crippen molar-refractivity contribution in [2.24, 2.45) is 0 Å². The van der Waals surface area contributed by atoms with E-state index in [1.165, 1.54) is 5.56 Å². The summed E-state index contributed by atoms with van der Waals surface area (Å²) in [6, 6.07) is 7.47. The van der Waals surface area contributed by atoms with Gasteiger partial charge >= 0.3 is 5.97 Å². The van der Waals surface area contributed by atoms with Gasteiger partial charge in [-0.1, -0.05) is 13.0 Å². The van der Waals surface area contributed by atoms with E-state index >= 15 is 0 Å². The molecule has 5 heteroatoms. The molecule has 108 valence electrons. The fraction of sp³-hybridized carbons (Fsp3) is 0.250. The first-order chi connectivity index (χ1) is 10.2. The second-order valence-electron chi connectivity index (χ2n) is 4.89. The number of hydrogen-bond acceptors (Lipinski definition) is 3. The third-order valence-electron chi connectivity index (χ3n) is 3.61. The van der Waals surface area contributed by atoms with Crippen molar-refractivity contribution in [2.75, 3.05) is 0 Å². The highest BCUT2D eigenvalue weighted by Crippen LogP contribution is 2.21. The second kappa shape index (κ2) is 5.69. The average molecular weight is 300 g/mol. The van der Waals surface area contributed by atoms with E-state index < -0.39 is 5.97 Å². The summed E-state index contributed by atoms with van der Waals surface area (Å²) >= 11 is 1.69. The number of imidazole rings is 1. The lowest BCUT2D eigenvalue weighted by Gasteiger charge is -2.07. The van der Waals surface area contributed by atoms with Crippen LogP contribution in [0.25, 0.3) is 11.0 Å². The number of aromatic carboxylic acids is 1. The Labute approximate surface area is 126 Å². The zero-order chi connectivity index (χ0) is 14.8. The van der Waals surface area contributed by atoms with Gasteiger partial charge in [-0.05, 0) is 40.9 Å². The molecule has 0 spiro atoms. The molecule has 21 heavy (non-hydrogen) atoms. The maximum atomic E-state index is 11.3. The lowest BCUT2D eigenvalue weighted by atomic mass is 10.2. The zero-order valence-electron chi connectivity index (χ0n) is 11.7. The second-order valence-corrected chi connectivity index (χ2v) is 5.67. The van der Waals surface area contributed by atoms with Crippen molar-refractivity contribution >= 4 is 28.3 Å². The normalized spacial score (nSPS) is 11.1. The SMILES string of the molecule is CCc1nc2c(C(=O)O)cccc2n1CCc1ccsc1. The fourth-order valence-corrected chi connectivity index (χ4v) is 3.27. The highest BCUT2D eigenvalue weighted by Gasteiger charge is 2.15. The molecule has 0 radical (unpaired) electrons. The van der Waals surface area contributed by atoms with E-state index in [-0.39, 0.29) is 5.56 Å². The number of carboxylic acids is 1. The molecule has 0 bridgehead atoms. The molecule has 0 aliphatic heterocycles. The Morgan fingerprint density at radius 1 is 1.38 bits per heavy atom. The number of para-hydroxylation sites is 1. The van der Waals surface area contributed by atoms with Crippen molar-refractivity contribution in [3.63, 3.8) is 0 Å². The summed E-state index contributed by atoms with van der Waals surface area (Å²) in [5.74, 6) is 0.0136. The lowest BCUT2D eigenvalue weighted by molar-refractivity contribution is 0.0699. The van der Waals surface area contributed by atoms with Crippen molar-refractivity contribution in [1.29, 1.82) is 0 Å². The monoisotopic (exact) mass is 300 g/mol. The molecule has 0 saturated heterocycles. The molecule has 2 aromatic heterocycles. The molecule has 0 amide bonds. The van der Waals surface area contributed by atoms with E-state index in [1.807, 2.05) is 13.0 Å². The van der Waals surface area contributed by atoms with Crippen LogP contribution in [0.2, 0.25) is 0 Å². The van der Waals surface area contributed by atoms with E-state index in [4.69, 9.17) is 0 Å². The lowest BCUT2D eigenvalue weighted by Crippen LogP contribution is -2.05. The summed E-state index contributed by atoms with van der Waals surface area (Å²) in [4.78, 5) is 15.9. The van der Waals surface area contributed by atoms with Crippen molar-refractivity contribution in [3.8, 4) is 0 Å². The molecule has 0 aliphatic rings. The Hall–Kier alpha value is -2.14. The van der Waals surface area contributed by atoms with Gasteiger partial charge in [0.05, 0.1) is 11.1 Å². The zero-order valence-corrected chi connectivity index (χ0v) is 12.6. The number of aromatic nitrogens is 2. The third-order valence-corrected chi connectivity index (χ3v) is 4.34. The molecule has 1 N–H and O–H groups in total. The van der Waals surface area contributed by atoms with Crippen LogP contribution in [-0.2, 0) is 19.4 Å². The number of aryl methyl sites for hydroxylation is 3. The maximum Gasteiger partial charge on any atom is 0.337 e. The average Bonchev–Trinajstić information content (AvgIpc) is 3.11. The number of rotatable bonds is 5. The summed E-state index contributed by atoms with van der Waals surface area (Å²) in [5, 5.41) is 13.5. The number of thiophene rings is 1. The predicted molar refractivity (Wildman–Crippen MR) is 84.1 cm³/mol. The van der Waals surface area contributed by atoms with E-state index in [0.717, 1.165) is 30.7 Å². The molecule has 0 atom stereocenters. The van der Waals surface area contributed by atoms with Crippen LogP contribution in [0, 0.1) is 0 Å². The van der Waals surface area contributed by atoms with E-state index in [2.05, 4.69) is 26.4 Å². The minimum absolute atomic E-state index is 0.275. The molecule has 0 unspecified atom stereocenters. The van der Waals surface area contributed by atoms with Crippen LogP contribution >= 0.6 is 11.3 Å². The first kappa shape index (κ1) is 13.8. The Morgan fingerprint density at radius 3 is 2.90 bits per heavy atom. The molecule has 1 aromatic carbocycles. The highest BCUT2D eigenvalue weighted by atomic mass is 32.1. The van der Waals surface area contributed by atoms with Crippen LogP contribution in [0.1, 0.15) is 28.7 Å². The van der Waals surface area contributed by atoms with Gasteiger partial charge in [0.2, 0.25) is 0 Å². The van der Waals surface area contributed by atoms with Crippen LogP contribution in [0.15, 0.2) is 35.0 Å². The topological polar surface area (TPSA) is 55.1 Å². The van der Waals surface area contributed by atoms with Crippen molar-refractivity contribution in [3.05, 3.63) is 52.0 Å². The van der Waals surface area contributed by atoms with Crippen molar-refractivity contribution in [2.45, 2.75) is 26.3 Å². The molecular formula is C16H16N2O2S. The van der Waals surface area contributed by atoms with Crippen LogP contribution in [-0.4, -0.2) is 20.6 Å². The van der Waals surface area contributed by atoms with E-state index in [0.29, 0.717) is 5.52 Å². The minimum Gasteiger partial charge on any atom is -0.478 e. The summed E-state index contributed by atoms with van der Waals surface area (Å²) in [6.07, 6.45) is 1.72. The van der Waals surface area contributed by atoms with Gasteiger partial charge in [0.25, 0.3) is 0 Å². The molecule has 2 heterocycles. The quantitative estimate of drug-likeness (QED) is 0.783. The van der Waals surface area contributed by atoms with Gasteiger partial charge in [-0.3, -0.25) is 0 Å². The highest BCUT2D eigenvalue weighted by molar-refractivity contribution is 7.07. The van der Waals surface area contributed by atoms with Crippen LogP contribution in [0.3, 0.4) is 0 Å². The fourth-order valence-electron chi connectivity index (χ4n) is 2.56. The molecular weight excluding hydrogens is 284 g/mol. The van der Waals surface area contributed by atoms with Gasteiger partial charge in [-0.15, -0.1) is 0 Å². The Morgan fingerprint density at radius 2 is 2.24 bits per heavy atom. The smallest absolute Gasteiger partial charge is 0.337 e. The van der Waals surface area contributed by atoms with Gasteiger partial charge in [-0.2, -0.15) is 11.3 Å². The van der Waals surface area contributed by atoms with Gasteiger partial charge in [0.15, 0.2) is 0 Å². The molecule has 3 aromatic rings. The van der Waals surface area contributed by atoms with Crippen LogP contribution in [0.5, 0.6) is 0 Å². The summed E-state index contributed by atoms with van der Waals surface area (Å²) in [5.41, 5.74) is 3.07. The number of benzene rings is 1. The van der Waals surface area contributed by atoms with Gasteiger partial charge in [0, 0.05) is 13.0 Å². The number of fused-ring (bicyclic) bond motifs is 1. The minimum atomic E-state index is -0.925. The summed E-state index contributed by atoms with van der Waals surface area (Å²) in [7, 11) is 0. The molecule has 0 fully saturated rings. The van der Waals surface area contributed by atoms with Crippen molar-refractivity contribution < 1.29 is 9.90 Å². The standard InChI is InChI=1S/C16H16N2O2S/c1-2-14-17-15-12(16(19)20)4-3-5-13(15)18(14)8-6-11-7-9-21-10-11/h3-5,7,9-10H,2,6,8H2,1H3,(H,19,20). The Balaban J connectivity index is 2.04. The number of carboxylic acid groups (broad SMARTS) is 1. The Bertz CT molecular complexity index is 775. The van der Waals surface area contributed by atoms with Crippen LogP contribution in [0.4, 0.5) is 0 Å². The van der Waals surface area contributed by atoms with Gasteiger partial charge < -0.3 is 9.67 Å². The van der Waals surface area contributed by atoms with Gasteiger partial charge in [-0.25, -0.2) is 9.78 Å².